The molecule has 0 saturated heterocycles. The molecule has 1 heterocycles. The highest BCUT2D eigenvalue weighted by molar-refractivity contribution is 6.29. The molecule has 3 nitrogen and oxygen atoms in total. The van der Waals surface area contributed by atoms with E-state index >= 15 is 0 Å². The van der Waals surface area contributed by atoms with Gasteiger partial charge in [0, 0.05) is 6.04 Å². The number of furan rings is 1. The Balaban J connectivity index is 1.91. The Morgan fingerprint density at radius 3 is 2.67 bits per heavy atom. The fraction of sp³-hybridized carbons (Fsp3) is 0.545. The molecule has 0 unspecified atom stereocenters. The fourth-order valence-electron chi connectivity index (χ4n) is 1.94. The van der Waals surface area contributed by atoms with Crippen molar-refractivity contribution in [2.24, 2.45) is 0 Å². The van der Waals surface area contributed by atoms with E-state index in [1.807, 2.05) is 0 Å². The average Bonchev–Trinajstić information content (AvgIpc) is 2.66. The van der Waals surface area contributed by atoms with Crippen molar-refractivity contribution >= 4 is 17.5 Å². The third-order valence-corrected chi connectivity index (χ3v) is 2.94. The largest absolute Gasteiger partial charge is 0.440 e. The molecule has 0 aromatic carbocycles. The van der Waals surface area contributed by atoms with E-state index in [-0.39, 0.29) is 11.1 Å². The molecule has 1 aromatic heterocycles. The van der Waals surface area contributed by atoms with Gasteiger partial charge in [-0.1, -0.05) is 19.3 Å². The van der Waals surface area contributed by atoms with Gasteiger partial charge in [-0.3, -0.25) is 4.79 Å². The van der Waals surface area contributed by atoms with Crippen molar-refractivity contribution in [3.05, 3.63) is 23.1 Å². The summed E-state index contributed by atoms with van der Waals surface area (Å²) in [4.78, 5) is 11.7. The predicted molar refractivity (Wildman–Crippen MR) is 58.1 cm³/mol. The van der Waals surface area contributed by atoms with E-state index in [0.717, 1.165) is 12.8 Å². The third kappa shape index (κ3) is 2.75. The fourth-order valence-corrected chi connectivity index (χ4v) is 2.09. The first kappa shape index (κ1) is 10.6. The number of hydrogen-bond acceptors (Lipinski definition) is 2. The van der Waals surface area contributed by atoms with Crippen LogP contribution in [0.2, 0.25) is 5.22 Å². The molecule has 2 rings (SSSR count). The first-order valence-electron chi connectivity index (χ1n) is 5.32. The van der Waals surface area contributed by atoms with E-state index < -0.39 is 0 Å². The maximum absolute atomic E-state index is 11.7. The quantitative estimate of drug-likeness (QED) is 0.844. The molecule has 1 fully saturated rings. The van der Waals surface area contributed by atoms with Gasteiger partial charge in [0.25, 0.3) is 5.91 Å². The molecule has 0 atom stereocenters. The summed E-state index contributed by atoms with van der Waals surface area (Å²) in [7, 11) is 0. The van der Waals surface area contributed by atoms with Crippen LogP contribution in [-0.2, 0) is 0 Å². The first-order valence-corrected chi connectivity index (χ1v) is 5.70. The SMILES string of the molecule is O=C(NC1CCCCC1)c1ccc(Cl)o1. The Morgan fingerprint density at radius 2 is 2.07 bits per heavy atom. The van der Waals surface area contributed by atoms with E-state index in [1.54, 1.807) is 12.1 Å². The van der Waals surface area contributed by atoms with Gasteiger partial charge < -0.3 is 9.73 Å². The summed E-state index contributed by atoms with van der Waals surface area (Å²) in [6.45, 7) is 0. The summed E-state index contributed by atoms with van der Waals surface area (Å²) in [6, 6.07) is 3.48. The predicted octanol–water partition coefficient (Wildman–Crippen LogP) is 3.00. The number of carbonyl (C=O) groups excluding carboxylic acids is 1. The van der Waals surface area contributed by atoms with Crippen molar-refractivity contribution in [2.45, 2.75) is 38.1 Å². The molecule has 1 amide bonds. The van der Waals surface area contributed by atoms with E-state index in [0.29, 0.717) is 11.8 Å². The summed E-state index contributed by atoms with van der Waals surface area (Å²) in [5.41, 5.74) is 0. The second-order valence-electron chi connectivity index (χ2n) is 3.91. The second kappa shape index (κ2) is 4.71. The molecular formula is C11H14ClNO2. The second-order valence-corrected chi connectivity index (χ2v) is 4.28. The van der Waals surface area contributed by atoms with Gasteiger partial charge >= 0.3 is 0 Å². The standard InChI is InChI=1S/C11H14ClNO2/c12-10-7-6-9(15-10)11(14)13-8-4-2-1-3-5-8/h6-8H,1-5H2,(H,13,14). The number of nitrogens with one attached hydrogen (secondary N) is 1. The Bertz CT molecular complexity index is 342. The Labute approximate surface area is 93.8 Å². The van der Waals surface area contributed by atoms with Crippen LogP contribution in [0, 0.1) is 0 Å². The van der Waals surface area contributed by atoms with Crippen molar-refractivity contribution in [1.82, 2.24) is 5.32 Å². The van der Waals surface area contributed by atoms with Crippen molar-refractivity contribution < 1.29 is 9.21 Å². The van der Waals surface area contributed by atoms with Gasteiger partial charge in [-0.25, -0.2) is 0 Å². The summed E-state index contributed by atoms with van der Waals surface area (Å²) >= 11 is 5.60. The van der Waals surface area contributed by atoms with Crippen molar-refractivity contribution in [3.8, 4) is 0 Å². The highest BCUT2D eigenvalue weighted by Crippen LogP contribution is 2.18. The normalized spacial score (nSPS) is 17.7. The first-order chi connectivity index (χ1) is 7.25. The summed E-state index contributed by atoms with van der Waals surface area (Å²) in [5.74, 6) is 0.138. The van der Waals surface area contributed by atoms with Crippen molar-refractivity contribution in [3.63, 3.8) is 0 Å². The van der Waals surface area contributed by atoms with Gasteiger partial charge in [-0.05, 0) is 36.6 Å². The highest BCUT2D eigenvalue weighted by atomic mass is 35.5. The summed E-state index contributed by atoms with van der Waals surface area (Å²) < 4.78 is 5.04. The lowest BCUT2D eigenvalue weighted by atomic mass is 9.95. The Kier molecular flexibility index (Phi) is 3.31. The highest BCUT2D eigenvalue weighted by Gasteiger charge is 2.18. The lowest BCUT2D eigenvalue weighted by molar-refractivity contribution is 0.0899. The average molecular weight is 228 g/mol. The molecule has 0 bridgehead atoms. The molecule has 0 spiro atoms. The number of carbonyl (C=O) groups is 1. The zero-order chi connectivity index (χ0) is 10.7. The number of halogens is 1. The van der Waals surface area contributed by atoms with Crippen molar-refractivity contribution in [2.75, 3.05) is 0 Å². The topological polar surface area (TPSA) is 42.2 Å². The van der Waals surface area contributed by atoms with Crippen LogP contribution in [0.4, 0.5) is 0 Å². The van der Waals surface area contributed by atoms with Crippen LogP contribution in [0.5, 0.6) is 0 Å². The molecule has 1 aliphatic rings. The smallest absolute Gasteiger partial charge is 0.287 e. The molecule has 1 N–H and O–H groups in total. The Morgan fingerprint density at radius 1 is 1.33 bits per heavy atom. The zero-order valence-corrected chi connectivity index (χ0v) is 9.22. The van der Waals surface area contributed by atoms with Crippen LogP contribution in [0.1, 0.15) is 42.7 Å². The van der Waals surface area contributed by atoms with Crippen LogP contribution in [0.15, 0.2) is 16.5 Å². The Hall–Kier alpha value is -0.960. The van der Waals surface area contributed by atoms with Crippen LogP contribution >= 0.6 is 11.6 Å². The molecule has 4 heteroatoms. The molecule has 82 valence electrons. The maximum Gasteiger partial charge on any atom is 0.287 e. The molecule has 0 aliphatic heterocycles. The monoisotopic (exact) mass is 227 g/mol. The molecule has 1 aliphatic carbocycles. The van der Waals surface area contributed by atoms with Gasteiger partial charge in [0.05, 0.1) is 0 Å². The minimum absolute atomic E-state index is 0.159. The van der Waals surface area contributed by atoms with Crippen LogP contribution in [0.25, 0.3) is 0 Å². The zero-order valence-electron chi connectivity index (χ0n) is 8.46. The van der Waals surface area contributed by atoms with E-state index in [1.165, 1.54) is 19.3 Å². The van der Waals surface area contributed by atoms with Crippen LogP contribution in [-0.4, -0.2) is 11.9 Å². The van der Waals surface area contributed by atoms with E-state index in [9.17, 15) is 4.79 Å². The van der Waals surface area contributed by atoms with E-state index in [2.05, 4.69) is 5.32 Å². The summed E-state index contributed by atoms with van der Waals surface area (Å²) in [6.07, 6.45) is 5.81. The van der Waals surface area contributed by atoms with Crippen LogP contribution < -0.4 is 5.32 Å². The third-order valence-electron chi connectivity index (χ3n) is 2.74. The molecule has 1 aromatic rings. The lowest BCUT2D eigenvalue weighted by Crippen LogP contribution is -2.35. The molecular weight excluding hydrogens is 214 g/mol. The van der Waals surface area contributed by atoms with Gasteiger partial charge in [-0.15, -0.1) is 0 Å². The van der Waals surface area contributed by atoms with Crippen LogP contribution in [0.3, 0.4) is 0 Å². The molecule has 1 saturated carbocycles. The minimum atomic E-state index is -0.159. The molecule has 15 heavy (non-hydrogen) atoms. The van der Waals surface area contributed by atoms with Gasteiger partial charge in [0.15, 0.2) is 11.0 Å². The maximum atomic E-state index is 11.7. The van der Waals surface area contributed by atoms with Gasteiger partial charge in [0.1, 0.15) is 0 Å². The molecule has 0 radical (unpaired) electrons. The number of rotatable bonds is 2. The number of hydrogen-bond donors (Lipinski definition) is 1. The van der Waals surface area contributed by atoms with Gasteiger partial charge in [-0.2, -0.15) is 0 Å². The lowest BCUT2D eigenvalue weighted by Gasteiger charge is -2.22. The van der Waals surface area contributed by atoms with E-state index in [4.69, 9.17) is 16.0 Å². The minimum Gasteiger partial charge on any atom is -0.440 e. The number of amides is 1. The van der Waals surface area contributed by atoms with Crippen molar-refractivity contribution in [1.29, 1.82) is 0 Å². The van der Waals surface area contributed by atoms with Gasteiger partial charge in [0.2, 0.25) is 0 Å². The summed E-state index contributed by atoms with van der Waals surface area (Å²) in [5, 5.41) is 3.21.